The molecule has 9 nitrogen and oxygen atoms in total. The maximum absolute atomic E-state index is 13.4. The highest BCUT2D eigenvalue weighted by Crippen LogP contribution is 2.27. The van der Waals surface area contributed by atoms with Gasteiger partial charge in [0.2, 0.25) is 5.91 Å². The molecule has 0 aliphatic heterocycles. The van der Waals surface area contributed by atoms with Crippen molar-refractivity contribution in [3.8, 4) is 0 Å². The van der Waals surface area contributed by atoms with Gasteiger partial charge in [0.1, 0.15) is 12.6 Å². The van der Waals surface area contributed by atoms with Gasteiger partial charge >= 0.3 is 6.03 Å². The van der Waals surface area contributed by atoms with E-state index in [9.17, 15) is 14.4 Å². The van der Waals surface area contributed by atoms with E-state index in [-0.39, 0.29) is 17.6 Å². The molecule has 1 aromatic rings. The van der Waals surface area contributed by atoms with Crippen LogP contribution in [0.3, 0.4) is 0 Å². The molecule has 166 valence electrons. The number of hydroxylamine groups is 1. The lowest BCUT2D eigenvalue weighted by Crippen LogP contribution is -2.57. The smallest absolute Gasteiger partial charge is 0.319 e. The number of hydrogen-bond donors (Lipinski definition) is 4. The average Bonchev–Trinajstić information content (AvgIpc) is 3.19. The van der Waals surface area contributed by atoms with Crippen LogP contribution < -0.4 is 16.1 Å². The third-order valence-corrected chi connectivity index (χ3v) is 5.42. The zero-order chi connectivity index (χ0) is 22.3. The van der Waals surface area contributed by atoms with Crippen LogP contribution in [0.2, 0.25) is 5.15 Å². The van der Waals surface area contributed by atoms with Crippen LogP contribution in [0.15, 0.2) is 18.3 Å². The number of rotatable bonds is 7. The summed E-state index contributed by atoms with van der Waals surface area (Å²) < 4.78 is 0. The summed E-state index contributed by atoms with van der Waals surface area (Å²) in [5, 5.41) is 14.4. The van der Waals surface area contributed by atoms with E-state index in [0.717, 1.165) is 25.7 Å². The van der Waals surface area contributed by atoms with Crippen molar-refractivity contribution in [3.05, 3.63) is 23.5 Å². The number of nitrogens with one attached hydrogen (secondary N) is 3. The molecule has 1 heterocycles. The van der Waals surface area contributed by atoms with Crippen LogP contribution in [0, 0.1) is 11.3 Å². The molecule has 1 aliphatic carbocycles. The second-order valence-electron chi connectivity index (χ2n) is 8.64. The van der Waals surface area contributed by atoms with Gasteiger partial charge in [-0.25, -0.2) is 15.3 Å². The molecule has 4 amide bonds. The maximum Gasteiger partial charge on any atom is 0.319 e. The lowest BCUT2D eigenvalue weighted by Gasteiger charge is -2.35. The Balaban J connectivity index is 2.16. The molecule has 0 radical (unpaired) electrons. The minimum atomic E-state index is -0.902. The van der Waals surface area contributed by atoms with E-state index >= 15 is 0 Å². The number of amides is 4. The Kier molecular flexibility index (Phi) is 8.43. The Labute approximate surface area is 181 Å². The third kappa shape index (κ3) is 6.84. The van der Waals surface area contributed by atoms with Gasteiger partial charge in [0.05, 0.1) is 5.69 Å². The molecular formula is C20H30ClN5O4. The Bertz CT molecular complexity index is 762. The first-order valence-corrected chi connectivity index (χ1v) is 10.4. The summed E-state index contributed by atoms with van der Waals surface area (Å²) in [4.78, 5) is 43.1. The molecule has 10 heteroatoms. The van der Waals surface area contributed by atoms with Gasteiger partial charge in [0.15, 0.2) is 5.15 Å². The van der Waals surface area contributed by atoms with Crippen molar-refractivity contribution in [3.63, 3.8) is 0 Å². The first-order valence-electron chi connectivity index (χ1n) is 10.0. The molecule has 0 bridgehead atoms. The van der Waals surface area contributed by atoms with Crippen LogP contribution in [0.1, 0.15) is 46.5 Å². The fourth-order valence-electron chi connectivity index (χ4n) is 3.55. The van der Waals surface area contributed by atoms with Crippen LogP contribution in [0.4, 0.5) is 10.5 Å². The van der Waals surface area contributed by atoms with E-state index in [0.29, 0.717) is 18.2 Å². The van der Waals surface area contributed by atoms with E-state index in [4.69, 9.17) is 16.8 Å². The molecule has 1 fully saturated rings. The van der Waals surface area contributed by atoms with Crippen LogP contribution in [0.5, 0.6) is 0 Å². The number of carbonyl (C=O) groups excluding carboxylic acids is 3. The second-order valence-corrected chi connectivity index (χ2v) is 9.00. The number of hydrogen-bond acceptors (Lipinski definition) is 5. The van der Waals surface area contributed by atoms with E-state index in [1.165, 1.54) is 11.1 Å². The van der Waals surface area contributed by atoms with Crippen molar-refractivity contribution in [2.24, 2.45) is 11.3 Å². The van der Waals surface area contributed by atoms with Crippen molar-refractivity contribution in [1.82, 2.24) is 20.7 Å². The molecule has 0 saturated heterocycles. The highest BCUT2D eigenvalue weighted by Gasteiger charge is 2.37. The third-order valence-electron chi connectivity index (χ3n) is 5.12. The summed E-state index contributed by atoms with van der Waals surface area (Å²) in [6, 6.07) is 1.72. The van der Waals surface area contributed by atoms with Gasteiger partial charge < -0.3 is 15.5 Å². The van der Waals surface area contributed by atoms with E-state index in [2.05, 4.69) is 15.6 Å². The predicted octanol–water partition coefficient (Wildman–Crippen LogP) is 2.80. The number of nitrogens with zero attached hydrogens (tertiary/aromatic N) is 2. The molecule has 0 aromatic carbocycles. The van der Waals surface area contributed by atoms with Crippen molar-refractivity contribution >= 4 is 35.1 Å². The number of carbonyl (C=O) groups is 3. The summed E-state index contributed by atoms with van der Waals surface area (Å²) in [7, 11) is 0. The summed E-state index contributed by atoms with van der Waals surface area (Å²) in [5.74, 6) is -0.768. The summed E-state index contributed by atoms with van der Waals surface area (Å²) in [6.07, 6.45) is 5.65. The molecule has 30 heavy (non-hydrogen) atoms. The highest BCUT2D eigenvalue weighted by atomic mass is 35.5. The first-order chi connectivity index (χ1) is 14.1. The standard InChI is InChI=1S/C20H30ClN5O4/c1-20(2,3)16(24-19(29)23-14-9-6-10-22-17(14)21)18(28)26(12-15(27)25-30)11-13-7-4-5-8-13/h6,9-10,13,16,30H,4-5,7-8,11-12H2,1-3H3,(H,25,27)(H2,23,24,29). The van der Waals surface area contributed by atoms with E-state index in [1.54, 1.807) is 17.6 Å². The lowest BCUT2D eigenvalue weighted by atomic mass is 9.85. The Morgan fingerprint density at radius 2 is 1.97 bits per heavy atom. The van der Waals surface area contributed by atoms with Crippen LogP contribution in [0.25, 0.3) is 0 Å². The molecule has 1 aliphatic rings. The Morgan fingerprint density at radius 1 is 1.30 bits per heavy atom. The molecule has 2 rings (SSSR count). The van der Waals surface area contributed by atoms with Crippen molar-refractivity contribution < 1.29 is 19.6 Å². The van der Waals surface area contributed by atoms with Crippen molar-refractivity contribution in [2.45, 2.75) is 52.5 Å². The molecule has 4 N–H and O–H groups in total. The molecular weight excluding hydrogens is 410 g/mol. The van der Waals surface area contributed by atoms with Crippen LogP contribution in [-0.4, -0.2) is 52.1 Å². The zero-order valence-corrected chi connectivity index (χ0v) is 18.3. The SMILES string of the molecule is CC(C)(C)C(NC(=O)Nc1cccnc1Cl)C(=O)N(CC(=O)NO)CC1CCCC1. The molecule has 0 spiro atoms. The minimum absolute atomic E-state index is 0.133. The summed E-state index contributed by atoms with van der Waals surface area (Å²) in [6.45, 7) is 5.60. The van der Waals surface area contributed by atoms with Crippen molar-refractivity contribution in [2.75, 3.05) is 18.4 Å². The van der Waals surface area contributed by atoms with E-state index in [1.807, 2.05) is 20.8 Å². The van der Waals surface area contributed by atoms with Crippen molar-refractivity contribution in [1.29, 1.82) is 0 Å². The topological polar surface area (TPSA) is 124 Å². The molecule has 1 aromatic heterocycles. The molecule has 1 atom stereocenters. The largest absolute Gasteiger partial charge is 0.331 e. The van der Waals surface area contributed by atoms with Gasteiger partial charge in [0, 0.05) is 12.7 Å². The summed E-state index contributed by atoms with van der Waals surface area (Å²) >= 11 is 5.98. The number of halogens is 1. The van der Waals surface area contributed by atoms with Gasteiger partial charge in [-0.3, -0.25) is 14.8 Å². The van der Waals surface area contributed by atoms with Gasteiger partial charge in [-0.15, -0.1) is 0 Å². The Morgan fingerprint density at radius 3 is 2.53 bits per heavy atom. The summed E-state index contributed by atoms with van der Waals surface area (Å²) in [5.41, 5.74) is 1.27. The normalized spacial score (nSPS) is 15.4. The van der Waals surface area contributed by atoms with Crippen LogP contribution in [-0.2, 0) is 9.59 Å². The number of urea groups is 1. The second kappa shape index (κ2) is 10.6. The average molecular weight is 440 g/mol. The fourth-order valence-corrected chi connectivity index (χ4v) is 3.71. The van der Waals surface area contributed by atoms with Gasteiger partial charge in [-0.1, -0.05) is 45.2 Å². The maximum atomic E-state index is 13.4. The Hall–Kier alpha value is -2.39. The molecule has 1 unspecified atom stereocenters. The van der Waals surface area contributed by atoms with Crippen LogP contribution >= 0.6 is 11.6 Å². The van der Waals surface area contributed by atoms with E-state index < -0.39 is 23.4 Å². The number of anilines is 1. The molecule has 1 saturated carbocycles. The zero-order valence-electron chi connectivity index (χ0n) is 17.6. The fraction of sp³-hybridized carbons (Fsp3) is 0.600. The minimum Gasteiger partial charge on any atom is -0.331 e. The number of pyridine rings is 1. The lowest BCUT2D eigenvalue weighted by molar-refractivity contribution is -0.142. The quantitative estimate of drug-likeness (QED) is 0.295. The first kappa shape index (κ1) is 23.9. The monoisotopic (exact) mass is 439 g/mol. The van der Waals surface area contributed by atoms with Gasteiger partial charge in [-0.05, 0) is 36.3 Å². The number of aromatic nitrogens is 1. The predicted molar refractivity (Wildman–Crippen MR) is 113 cm³/mol. The van der Waals surface area contributed by atoms with Gasteiger partial charge in [-0.2, -0.15) is 0 Å². The van der Waals surface area contributed by atoms with Gasteiger partial charge in [0.25, 0.3) is 5.91 Å². The highest BCUT2D eigenvalue weighted by molar-refractivity contribution is 6.32.